The maximum Gasteiger partial charge on any atom is 0.0951 e. The van der Waals surface area contributed by atoms with Crippen LogP contribution >= 0.6 is 0 Å². The van der Waals surface area contributed by atoms with Crippen LogP contribution in [0.5, 0.6) is 0 Å². The summed E-state index contributed by atoms with van der Waals surface area (Å²) in [5.74, 6) is 0. The van der Waals surface area contributed by atoms with Crippen LogP contribution in [0.3, 0.4) is 0 Å². The predicted molar refractivity (Wildman–Crippen MR) is 56.0 cm³/mol. The third-order valence-electron chi connectivity index (χ3n) is 2.27. The van der Waals surface area contributed by atoms with Gasteiger partial charge in [0.1, 0.15) is 0 Å². The maximum atomic E-state index is 4.47. The zero-order valence-electron chi connectivity index (χ0n) is 9.39. The fourth-order valence-electron chi connectivity index (χ4n) is 1.65. The Balaban J connectivity index is 2.99. The van der Waals surface area contributed by atoms with E-state index >= 15 is 0 Å². The van der Waals surface area contributed by atoms with Gasteiger partial charge in [0, 0.05) is 17.7 Å². The molecule has 0 fully saturated rings. The first kappa shape index (κ1) is 10.3. The lowest BCUT2D eigenvalue weighted by molar-refractivity contribution is 0.563. The average molecular weight is 180 g/mol. The molecule has 0 amide bonds. The van der Waals surface area contributed by atoms with Gasteiger partial charge in [-0.05, 0) is 13.3 Å². The number of rotatable bonds is 2. The van der Waals surface area contributed by atoms with Gasteiger partial charge >= 0.3 is 0 Å². The zero-order valence-corrected chi connectivity index (χ0v) is 9.39. The van der Waals surface area contributed by atoms with Gasteiger partial charge in [-0.1, -0.05) is 27.7 Å². The minimum absolute atomic E-state index is 0.170. The minimum atomic E-state index is 0.170. The van der Waals surface area contributed by atoms with Crippen molar-refractivity contribution in [2.24, 2.45) is 0 Å². The first-order chi connectivity index (χ1) is 5.96. The number of imidazole rings is 1. The van der Waals surface area contributed by atoms with Crippen molar-refractivity contribution in [3.8, 4) is 0 Å². The Morgan fingerprint density at radius 3 is 2.38 bits per heavy atom. The van der Waals surface area contributed by atoms with Gasteiger partial charge < -0.3 is 4.57 Å². The Bertz CT molecular complexity index is 279. The highest BCUT2D eigenvalue weighted by Gasteiger charge is 2.20. The van der Waals surface area contributed by atoms with Gasteiger partial charge in [0.15, 0.2) is 0 Å². The molecule has 0 aliphatic rings. The molecule has 0 aromatic carbocycles. The van der Waals surface area contributed by atoms with Crippen LogP contribution in [0, 0.1) is 6.92 Å². The summed E-state index contributed by atoms with van der Waals surface area (Å²) in [6, 6.07) is 0. The molecule has 1 rings (SSSR count). The minimum Gasteiger partial charge on any atom is -0.335 e. The van der Waals surface area contributed by atoms with Crippen LogP contribution in [0.25, 0.3) is 0 Å². The van der Waals surface area contributed by atoms with Gasteiger partial charge in [0.05, 0.1) is 12.0 Å². The SMILES string of the molecule is CCCn1cnc(C(C)(C)C)c1C. The molecular weight excluding hydrogens is 160 g/mol. The molecule has 0 atom stereocenters. The molecule has 0 aliphatic carbocycles. The Kier molecular flexibility index (Phi) is 2.79. The molecule has 0 saturated carbocycles. The van der Waals surface area contributed by atoms with Crippen molar-refractivity contribution in [3.63, 3.8) is 0 Å². The molecule has 74 valence electrons. The van der Waals surface area contributed by atoms with Crippen molar-refractivity contribution in [1.29, 1.82) is 0 Å². The number of nitrogens with zero attached hydrogens (tertiary/aromatic N) is 2. The van der Waals surface area contributed by atoms with Crippen LogP contribution < -0.4 is 0 Å². The molecule has 0 saturated heterocycles. The fourth-order valence-corrected chi connectivity index (χ4v) is 1.65. The number of hydrogen-bond acceptors (Lipinski definition) is 1. The Labute approximate surface area is 81.0 Å². The largest absolute Gasteiger partial charge is 0.335 e. The molecule has 0 aliphatic heterocycles. The maximum absolute atomic E-state index is 4.47. The van der Waals surface area contributed by atoms with Gasteiger partial charge in [0.2, 0.25) is 0 Å². The van der Waals surface area contributed by atoms with E-state index in [1.807, 2.05) is 6.33 Å². The van der Waals surface area contributed by atoms with Crippen LogP contribution in [-0.2, 0) is 12.0 Å². The molecular formula is C11H20N2. The Hall–Kier alpha value is -0.790. The van der Waals surface area contributed by atoms with E-state index in [-0.39, 0.29) is 5.41 Å². The number of aryl methyl sites for hydroxylation is 1. The third-order valence-corrected chi connectivity index (χ3v) is 2.27. The summed E-state index contributed by atoms with van der Waals surface area (Å²) in [6.07, 6.45) is 3.13. The standard InChI is InChI=1S/C11H20N2/c1-6-7-13-8-12-10(9(13)2)11(3,4)5/h8H,6-7H2,1-5H3. The molecule has 1 heterocycles. The van der Waals surface area contributed by atoms with Crippen molar-refractivity contribution in [1.82, 2.24) is 9.55 Å². The first-order valence-corrected chi connectivity index (χ1v) is 4.99. The monoisotopic (exact) mass is 180 g/mol. The van der Waals surface area contributed by atoms with Crippen molar-refractivity contribution < 1.29 is 0 Å². The lowest BCUT2D eigenvalue weighted by atomic mass is 9.91. The van der Waals surface area contributed by atoms with Crippen LogP contribution in [0.15, 0.2) is 6.33 Å². The third kappa shape index (κ3) is 2.11. The van der Waals surface area contributed by atoms with E-state index in [9.17, 15) is 0 Å². The molecule has 13 heavy (non-hydrogen) atoms. The normalized spacial score (nSPS) is 12.1. The molecule has 0 N–H and O–H groups in total. The summed E-state index contributed by atoms with van der Waals surface area (Å²) >= 11 is 0. The molecule has 0 unspecified atom stereocenters. The topological polar surface area (TPSA) is 17.8 Å². The lowest BCUT2D eigenvalue weighted by Crippen LogP contribution is -2.14. The molecule has 2 nitrogen and oxygen atoms in total. The summed E-state index contributed by atoms with van der Waals surface area (Å²) in [6.45, 7) is 12.0. The molecule has 0 radical (unpaired) electrons. The molecule has 1 aromatic rings. The zero-order chi connectivity index (χ0) is 10.1. The van der Waals surface area contributed by atoms with E-state index < -0.39 is 0 Å². The quantitative estimate of drug-likeness (QED) is 0.684. The Morgan fingerprint density at radius 2 is 2.00 bits per heavy atom. The Morgan fingerprint density at radius 1 is 1.38 bits per heavy atom. The second kappa shape index (κ2) is 3.52. The van der Waals surface area contributed by atoms with Crippen molar-refractivity contribution in [3.05, 3.63) is 17.7 Å². The molecule has 0 spiro atoms. The summed E-state index contributed by atoms with van der Waals surface area (Å²) in [7, 11) is 0. The van der Waals surface area contributed by atoms with E-state index in [0.717, 1.165) is 6.54 Å². The highest BCUT2D eigenvalue weighted by molar-refractivity contribution is 5.19. The highest BCUT2D eigenvalue weighted by atomic mass is 15.1. The van der Waals surface area contributed by atoms with Gasteiger partial charge in [-0.25, -0.2) is 4.98 Å². The van der Waals surface area contributed by atoms with Crippen molar-refractivity contribution in [2.75, 3.05) is 0 Å². The fraction of sp³-hybridized carbons (Fsp3) is 0.727. The molecule has 2 heteroatoms. The van der Waals surface area contributed by atoms with E-state index in [1.54, 1.807) is 0 Å². The van der Waals surface area contributed by atoms with E-state index in [2.05, 4.69) is 44.2 Å². The second-order valence-electron chi connectivity index (χ2n) is 4.62. The second-order valence-corrected chi connectivity index (χ2v) is 4.62. The van der Waals surface area contributed by atoms with Crippen molar-refractivity contribution >= 4 is 0 Å². The lowest BCUT2D eigenvalue weighted by Gasteiger charge is -2.17. The van der Waals surface area contributed by atoms with E-state index in [0.29, 0.717) is 0 Å². The van der Waals surface area contributed by atoms with Crippen LogP contribution in [-0.4, -0.2) is 9.55 Å². The summed E-state index contributed by atoms with van der Waals surface area (Å²) in [4.78, 5) is 4.47. The molecule has 1 aromatic heterocycles. The molecule has 0 bridgehead atoms. The number of hydrogen-bond donors (Lipinski definition) is 0. The first-order valence-electron chi connectivity index (χ1n) is 4.99. The van der Waals surface area contributed by atoms with Gasteiger partial charge in [-0.3, -0.25) is 0 Å². The van der Waals surface area contributed by atoms with Crippen molar-refractivity contribution in [2.45, 2.75) is 53.0 Å². The van der Waals surface area contributed by atoms with Gasteiger partial charge in [0.25, 0.3) is 0 Å². The van der Waals surface area contributed by atoms with E-state index in [1.165, 1.54) is 17.8 Å². The summed E-state index contributed by atoms with van der Waals surface area (Å²) in [5, 5.41) is 0. The van der Waals surface area contributed by atoms with Gasteiger partial charge in [-0.2, -0.15) is 0 Å². The van der Waals surface area contributed by atoms with Crippen LogP contribution in [0.4, 0.5) is 0 Å². The van der Waals surface area contributed by atoms with Crippen LogP contribution in [0.2, 0.25) is 0 Å². The van der Waals surface area contributed by atoms with E-state index in [4.69, 9.17) is 0 Å². The number of aromatic nitrogens is 2. The predicted octanol–water partition coefficient (Wildman–Crippen LogP) is 2.90. The highest BCUT2D eigenvalue weighted by Crippen LogP contribution is 2.23. The summed E-state index contributed by atoms with van der Waals surface area (Å²) in [5.41, 5.74) is 2.71. The smallest absolute Gasteiger partial charge is 0.0951 e. The van der Waals surface area contributed by atoms with Crippen LogP contribution in [0.1, 0.15) is 45.5 Å². The average Bonchev–Trinajstić information content (AvgIpc) is 2.32. The summed E-state index contributed by atoms with van der Waals surface area (Å²) < 4.78 is 2.24. The van der Waals surface area contributed by atoms with Gasteiger partial charge in [-0.15, -0.1) is 0 Å².